The van der Waals surface area contributed by atoms with Crippen molar-refractivity contribution in [2.24, 2.45) is 0 Å². The number of anilines is 1. The molecule has 0 saturated heterocycles. The zero-order chi connectivity index (χ0) is 18.4. The summed E-state index contributed by atoms with van der Waals surface area (Å²) in [5.74, 6) is 1.55. The average molecular weight is 348 g/mol. The second kappa shape index (κ2) is 8.43. The molecule has 0 saturated carbocycles. The Morgan fingerprint density at radius 2 is 1.92 bits per heavy atom. The van der Waals surface area contributed by atoms with Crippen LogP contribution in [-0.2, 0) is 17.6 Å². The first-order valence-corrected chi connectivity index (χ1v) is 9.02. The molecule has 1 heterocycles. The van der Waals surface area contributed by atoms with E-state index in [0.29, 0.717) is 12.2 Å². The molecule has 3 aromatic rings. The minimum atomic E-state index is 0.0336. The van der Waals surface area contributed by atoms with Gasteiger partial charge in [0, 0.05) is 24.1 Å². The molecule has 0 radical (unpaired) electrons. The van der Waals surface area contributed by atoms with Crippen LogP contribution >= 0.6 is 0 Å². The van der Waals surface area contributed by atoms with Gasteiger partial charge in [-0.3, -0.25) is 9.89 Å². The van der Waals surface area contributed by atoms with E-state index in [1.165, 1.54) is 5.56 Å². The summed E-state index contributed by atoms with van der Waals surface area (Å²) in [5.41, 5.74) is 4.01. The molecular formula is C21H24N4O. The maximum Gasteiger partial charge on any atom is 0.224 e. The summed E-state index contributed by atoms with van der Waals surface area (Å²) in [5, 5.41) is 10.3. The van der Waals surface area contributed by atoms with Crippen LogP contribution < -0.4 is 5.32 Å². The minimum Gasteiger partial charge on any atom is -0.326 e. The van der Waals surface area contributed by atoms with Gasteiger partial charge in [-0.05, 0) is 37.0 Å². The van der Waals surface area contributed by atoms with Crippen LogP contribution in [0, 0.1) is 6.92 Å². The van der Waals surface area contributed by atoms with Crippen molar-refractivity contribution in [1.29, 1.82) is 0 Å². The van der Waals surface area contributed by atoms with Crippen molar-refractivity contribution in [2.75, 3.05) is 5.32 Å². The molecule has 2 N–H and O–H groups in total. The first kappa shape index (κ1) is 17.9. The lowest BCUT2D eigenvalue weighted by Gasteiger charge is -2.09. The van der Waals surface area contributed by atoms with E-state index in [4.69, 9.17) is 0 Å². The molecule has 1 amide bonds. The SMILES string of the molecule is CCCC(=O)Nc1cc(-c2n[nH]c(CCc3ccccc3)n2)ccc1C. The van der Waals surface area contributed by atoms with Gasteiger partial charge in [-0.2, -0.15) is 5.10 Å². The van der Waals surface area contributed by atoms with E-state index in [0.717, 1.165) is 41.9 Å². The summed E-state index contributed by atoms with van der Waals surface area (Å²) in [6.07, 6.45) is 3.08. The highest BCUT2D eigenvalue weighted by atomic mass is 16.1. The summed E-state index contributed by atoms with van der Waals surface area (Å²) in [6, 6.07) is 16.2. The molecule has 2 aromatic carbocycles. The van der Waals surface area contributed by atoms with Crippen molar-refractivity contribution in [1.82, 2.24) is 15.2 Å². The smallest absolute Gasteiger partial charge is 0.224 e. The average Bonchev–Trinajstić information content (AvgIpc) is 3.12. The molecule has 0 bridgehead atoms. The Labute approximate surface area is 153 Å². The third-order valence-electron chi connectivity index (χ3n) is 4.27. The summed E-state index contributed by atoms with van der Waals surface area (Å²) in [6.45, 7) is 3.97. The van der Waals surface area contributed by atoms with Gasteiger partial charge in [0.25, 0.3) is 0 Å². The molecule has 0 atom stereocenters. The highest BCUT2D eigenvalue weighted by molar-refractivity contribution is 5.92. The second-order valence-electron chi connectivity index (χ2n) is 6.42. The van der Waals surface area contributed by atoms with Gasteiger partial charge in [0.2, 0.25) is 5.91 Å². The molecule has 26 heavy (non-hydrogen) atoms. The van der Waals surface area contributed by atoms with Gasteiger partial charge in [0.15, 0.2) is 5.82 Å². The molecular weight excluding hydrogens is 324 g/mol. The largest absolute Gasteiger partial charge is 0.326 e. The van der Waals surface area contributed by atoms with Crippen molar-refractivity contribution in [3.05, 3.63) is 65.5 Å². The lowest BCUT2D eigenvalue weighted by molar-refractivity contribution is -0.116. The zero-order valence-electron chi connectivity index (χ0n) is 15.2. The number of aromatic amines is 1. The van der Waals surface area contributed by atoms with Gasteiger partial charge in [0.1, 0.15) is 5.82 Å². The fourth-order valence-corrected chi connectivity index (χ4v) is 2.78. The Kier molecular flexibility index (Phi) is 5.79. The van der Waals surface area contributed by atoms with Gasteiger partial charge in [-0.1, -0.05) is 49.4 Å². The molecule has 0 spiro atoms. The zero-order valence-corrected chi connectivity index (χ0v) is 15.2. The first-order chi connectivity index (χ1) is 12.7. The van der Waals surface area contributed by atoms with Crippen molar-refractivity contribution in [3.63, 3.8) is 0 Å². The minimum absolute atomic E-state index is 0.0336. The molecule has 0 aliphatic rings. The number of nitrogens with zero attached hydrogens (tertiary/aromatic N) is 2. The lowest BCUT2D eigenvalue weighted by atomic mass is 10.1. The molecule has 0 unspecified atom stereocenters. The molecule has 5 heteroatoms. The summed E-state index contributed by atoms with van der Waals surface area (Å²) < 4.78 is 0. The Morgan fingerprint density at radius 1 is 1.12 bits per heavy atom. The first-order valence-electron chi connectivity index (χ1n) is 9.02. The maximum absolute atomic E-state index is 11.9. The van der Waals surface area contributed by atoms with E-state index in [9.17, 15) is 4.79 Å². The third kappa shape index (κ3) is 4.57. The van der Waals surface area contributed by atoms with Crippen LogP contribution in [0.5, 0.6) is 0 Å². The molecule has 3 rings (SSSR count). The van der Waals surface area contributed by atoms with E-state index >= 15 is 0 Å². The number of carbonyl (C=O) groups excluding carboxylic acids is 1. The van der Waals surface area contributed by atoms with Crippen LogP contribution in [0.4, 0.5) is 5.69 Å². The normalized spacial score (nSPS) is 10.7. The quantitative estimate of drug-likeness (QED) is 0.668. The third-order valence-corrected chi connectivity index (χ3v) is 4.27. The number of hydrogen-bond acceptors (Lipinski definition) is 3. The van der Waals surface area contributed by atoms with E-state index < -0.39 is 0 Å². The number of hydrogen-bond donors (Lipinski definition) is 2. The molecule has 0 aliphatic heterocycles. The Hall–Kier alpha value is -2.95. The van der Waals surface area contributed by atoms with E-state index in [2.05, 4.69) is 32.6 Å². The van der Waals surface area contributed by atoms with Gasteiger partial charge in [-0.15, -0.1) is 0 Å². The highest BCUT2D eigenvalue weighted by Crippen LogP contribution is 2.23. The van der Waals surface area contributed by atoms with Crippen LogP contribution in [0.15, 0.2) is 48.5 Å². The molecule has 5 nitrogen and oxygen atoms in total. The standard InChI is InChI=1S/C21H24N4O/c1-3-7-20(26)22-18-14-17(12-10-15(18)2)21-23-19(24-25-21)13-11-16-8-5-4-6-9-16/h4-6,8-10,12,14H,3,7,11,13H2,1-2H3,(H,22,26)(H,23,24,25). The predicted octanol–water partition coefficient (Wildman–Crippen LogP) is 4.30. The number of rotatable bonds is 7. The Morgan fingerprint density at radius 3 is 2.69 bits per heavy atom. The van der Waals surface area contributed by atoms with E-state index in [1.807, 2.05) is 50.2 Å². The number of aryl methyl sites for hydroxylation is 3. The summed E-state index contributed by atoms with van der Waals surface area (Å²) in [4.78, 5) is 16.5. The van der Waals surface area contributed by atoms with E-state index in [1.54, 1.807) is 0 Å². The van der Waals surface area contributed by atoms with Crippen LogP contribution in [0.25, 0.3) is 11.4 Å². The fourth-order valence-electron chi connectivity index (χ4n) is 2.78. The monoisotopic (exact) mass is 348 g/mol. The van der Waals surface area contributed by atoms with Crippen molar-refractivity contribution < 1.29 is 4.79 Å². The number of H-pyrrole nitrogens is 1. The van der Waals surface area contributed by atoms with Crippen molar-refractivity contribution >= 4 is 11.6 Å². The topological polar surface area (TPSA) is 70.7 Å². The van der Waals surface area contributed by atoms with Gasteiger partial charge >= 0.3 is 0 Å². The predicted molar refractivity (Wildman–Crippen MR) is 104 cm³/mol. The number of aromatic nitrogens is 3. The van der Waals surface area contributed by atoms with Gasteiger partial charge in [0.05, 0.1) is 0 Å². The van der Waals surface area contributed by atoms with Gasteiger partial charge < -0.3 is 5.32 Å². The Balaban J connectivity index is 1.71. The molecule has 134 valence electrons. The molecule has 0 aliphatic carbocycles. The second-order valence-corrected chi connectivity index (χ2v) is 6.42. The Bertz CT molecular complexity index is 871. The summed E-state index contributed by atoms with van der Waals surface area (Å²) >= 11 is 0. The van der Waals surface area contributed by atoms with Crippen LogP contribution in [0.2, 0.25) is 0 Å². The number of benzene rings is 2. The van der Waals surface area contributed by atoms with E-state index in [-0.39, 0.29) is 5.91 Å². The number of carbonyl (C=O) groups is 1. The number of nitrogens with one attached hydrogen (secondary N) is 2. The molecule has 1 aromatic heterocycles. The highest BCUT2D eigenvalue weighted by Gasteiger charge is 2.10. The van der Waals surface area contributed by atoms with Crippen molar-refractivity contribution in [3.8, 4) is 11.4 Å². The summed E-state index contributed by atoms with van der Waals surface area (Å²) in [7, 11) is 0. The van der Waals surface area contributed by atoms with Gasteiger partial charge in [-0.25, -0.2) is 4.98 Å². The lowest BCUT2D eigenvalue weighted by Crippen LogP contribution is -2.11. The maximum atomic E-state index is 11.9. The number of amides is 1. The van der Waals surface area contributed by atoms with Crippen LogP contribution in [0.1, 0.15) is 36.7 Å². The van der Waals surface area contributed by atoms with Crippen LogP contribution in [-0.4, -0.2) is 21.1 Å². The fraction of sp³-hybridized carbons (Fsp3) is 0.286. The molecule has 0 fully saturated rings. The van der Waals surface area contributed by atoms with Crippen LogP contribution in [0.3, 0.4) is 0 Å². The van der Waals surface area contributed by atoms with Crippen molar-refractivity contribution in [2.45, 2.75) is 39.5 Å².